The Bertz CT molecular complexity index is 591. The molecule has 0 aliphatic rings. The number of amides is 1. The van der Waals surface area contributed by atoms with E-state index in [1.807, 2.05) is 52.7 Å². The molecule has 4 nitrogen and oxygen atoms in total. The number of aliphatic hydroxyl groups is 1. The summed E-state index contributed by atoms with van der Waals surface area (Å²) in [6, 6.07) is 14.0. The molecule has 0 fully saturated rings. The van der Waals surface area contributed by atoms with E-state index in [0.29, 0.717) is 19.6 Å². The van der Waals surface area contributed by atoms with Gasteiger partial charge in [-0.3, -0.25) is 9.69 Å². The Labute approximate surface area is 141 Å². The van der Waals surface area contributed by atoms with Crippen LogP contribution >= 0.6 is 11.3 Å². The summed E-state index contributed by atoms with van der Waals surface area (Å²) < 4.78 is 0. The van der Waals surface area contributed by atoms with Crippen molar-refractivity contribution in [3.63, 3.8) is 0 Å². The van der Waals surface area contributed by atoms with Gasteiger partial charge in [-0.05, 0) is 30.9 Å². The zero-order chi connectivity index (χ0) is 16.7. The van der Waals surface area contributed by atoms with Gasteiger partial charge in [0.15, 0.2) is 0 Å². The Morgan fingerprint density at radius 3 is 2.57 bits per heavy atom. The first kappa shape index (κ1) is 17.7. The Hall–Kier alpha value is -1.69. The van der Waals surface area contributed by atoms with E-state index < -0.39 is 5.60 Å². The third kappa shape index (κ3) is 6.95. The summed E-state index contributed by atoms with van der Waals surface area (Å²) in [4.78, 5) is 15.3. The molecular weight excluding hydrogens is 308 g/mol. The monoisotopic (exact) mass is 332 g/mol. The molecule has 0 aliphatic carbocycles. The van der Waals surface area contributed by atoms with Gasteiger partial charge in [0.25, 0.3) is 0 Å². The van der Waals surface area contributed by atoms with Gasteiger partial charge in [-0.1, -0.05) is 36.4 Å². The van der Waals surface area contributed by atoms with Crippen LogP contribution < -0.4 is 5.32 Å². The van der Waals surface area contributed by atoms with Crippen LogP contribution in [0.1, 0.15) is 24.3 Å². The van der Waals surface area contributed by atoms with Crippen LogP contribution in [0, 0.1) is 0 Å². The van der Waals surface area contributed by atoms with Crippen LogP contribution in [0.4, 0.5) is 0 Å². The van der Waals surface area contributed by atoms with Gasteiger partial charge in [-0.15, -0.1) is 11.3 Å². The minimum Gasteiger partial charge on any atom is -0.389 e. The largest absolute Gasteiger partial charge is 0.389 e. The molecule has 5 heteroatoms. The van der Waals surface area contributed by atoms with E-state index in [1.165, 1.54) is 0 Å². The Kier molecular flexibility index (Phi) is 6.33. The molecule has 0 saturated heterocycles. The summed E-state index contributed by atoms with van der Waals surface area (Å²) in [6.07, 6.45) is 0. The van der Waals surface area contributed by atoms with Crippen molar-refractivity contribution in [2.75, 3.05) is 13.1 Å². The molecule has 23 heavy (non-hydrogen) atoms. The molecule has 2 rings (SSSR count). The third-order valence-corrected chi connectivity index (χ3v) is 4.14. The average molecular weight is 332 g/mol. The molecule has 0 saturated carbocycles. The van der Waals surface area contributed by atoms with E-state index in [0.717, 1.165) is 10.4 Å². The van der Waals surface area contributed by atoms with Gasteiger partial charge in [-0.2, -0.15) is 0 Å². The van der Waals surface area contributed by atoms with Crippen molar-refractivity contribution in [1.29, 1.82) is 0 Å². The molecule has 0 spiro atoms. The van der Waals surface area contributed by atoms with Crippen molar-refractivity contribution in [2.24, 2.45) is 0 Å². The number of nitrogens with one attached hydrogen (secondary N) is 1. The Balaban J connectivity index is 1.92. The number of hydrogen-bond donors (Lipinski definition) is 2. The number of benzene rings is 1. The van der Waals surface area contributed by atoms with Gasteiger partial charge in [0.1, 0.15) is 0 Å². The topological polar surface area (TPSA) is 52.6 Å². The molecule has 0 atom stereocenters. The first-order valence-electron chi connectivity index (χ1n) is 7.70. The molecule has 0 radical (unpaired) electrons. The van der Waals surface area contributed by atoms with Crippen molar-refractivity contribution in [3.8, 4) is 0 Å². The Morgan fingerprint density at radius 2 is 1.96 bits per heavy atom. The Morgan fingerprint density at radius 1 is 1.22 bits per heavy atom. The summed E-state index contributed by atoms with van der Waals surface area (Å²) in [5.41, 5.74) is 0.283. The predicted molar refractivity (Wildman–Crippen MR) is 94.2 cm³/mol. The minimum atomic E-state index is -0.844. The lowest BCUT2D eigenvalue weighted by Gasteiger charge is -2.28. The van der Waals surface area contributed by atoms with Crippen molar-refractivity contribution >= 4 is 17.2 Å². The van der Waals surface area contributed by atoms with Gasteiger partial charge < -0.3 is 10.4 Å². The number of carbonyl (C=O) groups is 1. The molecule has 0 unspecified atom stereocenters. The molecule has 1 heterocycles. The summed E-state index contributed by atoms with van der Waals surface area (Å²) in [7, 11) is 0. The number of carbonyl (C=O) groups excluding carboxylic acids is 1. The van der Waals surface area contributed by atoms with Gasteiger partial charge >= 0.3 is 0 Å². The van der Waals surface area contributed by atoms with Gasteiger partial charge in [0, 0.05) is 18.0 Å². The normalized spacial score (nSPS) is 11.7. The second-order valence-corrected chi connectivity index (χ2v) is 7.33. The van der Waals surface area contributed by atoms with Crippen LogP contribution in [0.25, 0.3) is 0 Å². The van der Waals surface area contributed by atoms with Crippen molar-refractivity contribution in [1.82, 2.24) is 10.2 Å². The fraction of sp³-hybridized carbons (Fsp3) is 0.389. The minimum absolute atomic E-state index is 0.0291. The highest BCUT2D eigenvalue weighted by molar-refractivity contribution is 7.09. The third-order valence-electron chi connectivity index (χ3n) is 3.27. The first-order chi connectivity index (χ1) is 10.9. The van der Waals surface area contributed by atoms with E-state index in [-0.39, 0.29) is 12.5 Å². The van der Waals surface area contributed by atoms with Crippen LogP contribution in [0.3, 0.4) is 0 Å². The van der Waals surface area contributed by atoms with Gasteiger partial charge in [-0.25, -0.2) is 0 Å². The maximum atomic E-state index is 12.2. The molecule has 2 aromatic rings. The van der Waals surface area contributed by atoms with Crippen LogP contribution in [0.15, 0.2) is 47.8 Å². The lowest BCUT2D eigenvalue weighted by atomic mass is 10.1. The standard InChI is InChI=1S/C18H24N2O2S/c1-18(2,22)14-20(12-15-7-4-3-5-8-15)13-17(21)19-11-16-9-6-10-23-16/h3-10,22H,11-14H2,1-2H3,(H,19,21). The number of thiophene rings is 1. The van der Waals surface area contributed by atoms with Crippen LogP contribution in [0.2, 0.25) is 0 Å². The summed E-state index contributed by atoms with van der Waals surface area (Å²) in [5.74, 6) is -0.0291. The maximum Gasteiger partial charge on any atom is 0.234 e. The van der Waals surface area contributed by atoms with Crippen molar-refractivity contribution in [2.45, 2.75) is 32.5 Å². The summed E-state index contributed by atoms with van der Waals surface area (Å²) in [5, 5.41) is 15.0. The quantitative estimate of drug-likeness (QED) is 0.781. The molecule has 1 amide bonds. The lowest BCUT2D eigenvalue weighted by Crippen LogP contribution is -2.43. The second-order valence-electron chi connectivity index (χ2n) is 6.30. The van der Waals surface area contributed by atoms with Gasteiger partial charge in [0.05, 0.1) is 18.7 Å². The highest BCUT2D eigenvalue weighted by Crippen LogP contribution is 2.11. The number of nitrogens with zero attached hydrogens (tertiary/aromatic N) is 1. The summed E-state index contributed by atoms with van der Waals surface area (Å²) >= 11 is 1.63. The highest BCUT2D eigenvalue weighted by atomic mass is 32.1. The molecule has 124 valence electrons. The maximum absolute atomic E-state index is 12.2. The first-order valence-corrected chi connectivity index (χ1v) is 8.58. The van der Waals surface area contributed by atoms with E-state index in [4.69, 9.17) is 0 Å². The fourth-order valence-electron chi connectivity index (χ4n) is 2.41. The number of rotatable bonds is 8. The highest BCUT2D eigenvalue weighted by Gasteiger charge is 2.20. The van der Waals surface area contributed by atoms with E-state index in [1.54, 1.807) is 25.2 Å². The molecular formula is C18H24N2O2S. The average Bonchev–Trinajstić information content (AvgIpc) is 2.97. The summed E-state index contributed by atoms with van der Waals surface area (Å²) in [6.45, 7) is 5.41. The van der Waals surface area contributed by atoms with E-state index >= 15 is 0 Å². The zero-order valence-corrected chi connectivity index (χ0v) is 14.5. The molecule has 2 N–H and O–H groups in total. The molecule has 1 aromatic carbocycles. The van der Waals surface area contributed by atoms with Crippen LogP contribution in [-0.2, 0) is 17.9 Å². The predicted octanol–water partition coefficient (Wildman–Crippen LogP) is 2.64. The smallest absolute Gasteiger partial charge is 0.234 e. The van der Waals surface area contributed by atoms with Crippen LogP contribution in [-0.4, -0.2) is 34.6 Å². The number of hydrogen-bond acceptors (Lipinski definition) is 4. The zero-order valence-electron chi connectivity index (χ0n) is 13.7. The fourth-order valence-corrected chi connectivity index (χ4v) is 3.06. The van der Waals surface area contributed by atoms with E-state index in [9.17, 15) is 9.90 Å². The molecule has 1 aromatic heterocycles. The van der Waals surface area contributed by atoms with Crippen molar-refractivity contribution < 1.29 is 9.90 Å². The van der Waals surface area contributed by atoms with Crippen molar-refractivity contribution in [3.05, 3.63) is 58.3 Å². The lowest BCUT2D eigenvalue weighted by molar-refractivity contribution is -0.123. The second kappa shape index (κ2) is 8.24. The molecule has 0 bridgehead atoms. The van der Waals surface area contributed by atoms with Gasteiger partial charge in [0.2, 0.25) is 5.91 Å². The van der Waals surface area contributed by atoms with E-state index in [2.05, 4.69) is 5.32 Å². The molecule has 0 aliphatic heterocycles. The van der Waals surface area contributed by atoms with Crippen LogP contribution in [0.5, 0.6) is 0 Å². The SMILES string of the molecule is CC(C)(O)CN(CC(=O)NCc1cccs1)Cc1ccccc1.